The predicted molar refractivity (Wildman–Crippen MR) is 51.4 cm³/mol. The molecular formula is C10H19NO2. The Morgan fingerprint density at radius 2 is 2.08 bits per heavy atom. The first-order valence-electron chi connectivity index (χ1n) is 4.84. The number of rotatable bonds is 1. The van der Waals surface area contributed by atoms with Gasteiger partial charge in [0, 0.05) is 12.1 Å². The highest BCUT2D eigenvalue weighted by molar-refractivity contribution is 5.80. The fourth-order valence-electron chi connectivity index (χ4n) is 1.54. The number of hydrogen-bond acceptors (Lipinski definition) is 2. The van der Waals surface area contributed by atoms with Crippen LogP contribution in [0.2, 0.25) is 0 Å². The molecule has 1 saturated heterocycles. The molecular weight excluding hydrogens is 166 g/mol. The molecule has 3 nitrogen and oxygen atoms in total. The Balaban J connectivity index is 2.48. The minimum absolute atomic E-state index is 0.0409. The summed E-state index contributed by atoms with van der Waals surface area (Å²) >= 11 is 0. The number of nitrogens with one attached hydrogen (secondary N) is 1. The molecule has 1 heterocycles. The minimum atomic E-state index is -0.139. The third kappa shape index (κ3) is 2.99. The maximum atomic E-state index is 11.7. The fraction of sp³-hybridized carbons (Fsp3) is 0.900. The number of hydrogen-bond donors (Lipinski definition) is 1. The summed E-state index contributed by atoms with van der Waals surface area (Å²) < 4.78 is 5.34. The van der Waals surface area contributed by atoms with Crippen LogP contribution in [-0.4, -0.2) is 24.2 Å². The average Bonchev–Trinajstić information content (AvgIpc) is 2.30. The van der Waals surface area contributed by atoms with Crippen molar-refractivity contribution in [1.29, 1.82) is 0 Å². The van der Waals surface area contributed by atoms with E-state index in [2.05, 4.69) is 5.32 Å². The van der Waals surface area contributed by atoms with Crippen LogP contribution >= 0.6 is 0 Å². The number of amides is 1. The molecule has 3 heteroatoms. The van der Waals surface area contributed by atoms with E-state index in [0.29, 0.717) is 6.61 Å². The molecule has 1 fully saturated rings. The molecule has 1 N–H and O–H groups in total. The maximum Gasteiger partial charge on any atom is 0.226 e. The van der Waals surface area contributed by atoms with Gasteiger partial charge in [-0.3, -0.25) is 4.79 Å². The van der Waals surface area contributed by atoms with Gasteiger partial charge in [0.25, 0.3) is 0 Å². The van der Waals surface area contributed by atoms with E-state index in [9.17, 15) is 4.79 Å². The van der Waals surface area contributed by atoms with Crippen molar-refractivity contribution in [3.8, 4) is 0 Å². The van der Waals surface area contributed by atoms with Crippen molar-refractivity contribution in [2.75, 3.05) is 6.61 Å². The zero-order valence-electron chi connectivity index (χ0n) is 8.89. The molecule has 1 aliphatic heterocycles. The van der Waals surface area contributed by atoms with Crippen molar-refractivity contribution >= 4 is 5.91 Å². The average molecular weight is 185 g/mol. The van der Waals surface area contributed by atoms with E-state index in [1.54, 1.807) is 0 Å². The van der Waals surface area contributed by atoms with Gasteiger partial charge in [0.1, 0.15) is 0 Å². The Labute approximate surface area is 79.8 Å². The number of carbonyl (C=O) groups is 1. The van der Waals surface area contributed by atoms with Gasteiger partial charge >= 0.3 is 0 Å². The van der Waals surface area contributed by atoms with Crippen molar-refractivity contribution in [2.24, 2.45) is 5.92 Å². The van der Waals surface area contributed by atoms with E-state index in [1.807, 2.05) is 27.7 Å². The Kier molecular flexibility index (Phi) is 2.96. The van der Waals surface area contributed by atoms with Gasteiger partial charge in [-0.1, -0.05) is 0 Å². The molecule has 2 atom stereocenters. The summed E-state index contributed by atoms with van der Waals surface area (Å²) in [5.41, 5.74) is -0.139. The zero-order chi connectivity index (χ0) is 10.1. The molecule has 0 aromatic heterocycles. The minimum Gasteiger partial charge on any atom is -0.378 e. The molecule has 13 heavy (non-hydrogen) atoms. The summed E-state index contributed by atoms with van der Waals surface area (Å²) in [5, 5.41) is 2.97. The SMILES string of the molecule is CC1OCCC1C(=O)NC(C)(C)C. The maximum absolute atomic E-state index is 11.7. The van der Waals surface area contributed by atoms with Gasteiger partial charge in [-0.25, -0.2) is 0 Å². The standard InChI is InChI=1S/C10H19NO2/c1-7-8(5-6-13-7)9(12)11-10(2,3)4/h7-8H,5-6H2,1-4H3,(H,11,12). The van der Waals surface area contributed by atoms with Crippen LogP contribution in [-0.2, 0) is 9.53 Å². The molecule has 0 radical (unpaired) electrons. The largest absolute Gasteiger partial charge is 0.378 e. The van der Waals surface area contributed by atoms with Gasteiger partial charge in [-0.05, 0) is 34.1 Å². The van der Waals surface area contributed by atoms with E-state index in [1.165, 1.54) is 0 Å². The highest BCUT2D eigenvalue weighted by atomic mass is 16.5. The van der Waals surface area contributed by atoms with Crippen LogP contribution in [0.25, 0.3) is 0 Å². The smallest absolute Gasteiger partial charge is 0.226 e. The van der Waals surface area contributed by atoms with Crippen molar-refractivity contribution in [3.63, 3.8) is 0 Å². The van der Waals surface area contributed by atoms with E-state index in [0.717, 1.165) is 6.42 Å². The normalized spacial score (nSPS) is 28.9. The van der Waals surface area contributed by atoms with Gasteiger partial charge in [0.2, 0.25) is 5.91 Å². The van der Waals surface area contributed by atoms with Crippen molar-refractivity contribution in [1.82, 2.24) is 5.32 Å². The Morgan fingerprint density at radius 3 is 2.46 bits per heavy atom. The Morgan fingerprint density at radius 1 is 1.46 bits per heavy atom. The van der Waals surface area contributed by atoms with Crippen LogP contribution in [0, 0.1) is 5.92 Å². The third-order valence-electron chi connectivity index (χ3n) is 2.21. The molecule has 0 spiro atoms. The van der Waals surface area contributed by atoms with E-state index >= 15 is 0 Å². The van der Waals surface area contributed by atoms with Gasteiger partial charge in [0.15, 0.2) is 0 Å². The van der Waals surface area contributed by atoms with Crippen molar-refractivity contribution < 1.29 is 9.53 Å². The molecule has 0 aromatic rings. The lowest BCUT2D eigenvalue weighted by Crippen LogP contribution is -2.45. The second kappa shape index (κ2) is 3.66. The number of carbonyl (C=O) groups excluding carboxylic acids is 1. The van der Waals surface area contributed by atoms with Crippen LogP contribution in [0.5, 0.6) is 0 Å². The quantitative estimate of drug-likeness (QED) is 0.669. The first kappa shape index (κ1) is 10.5. The van der Waals surface area contributed by atoms with Crippen LogP contribution in [0.15, 0.2) is 0 Å². The molecule has 2 unspecified atom stereocenters. The van der Waals surface area contributed by atoms with Gasteiger partial charge in [0.05, 0.1) is 12.0 Å². The lowest BCUT2D eigenvalue weighted by atomic mass is 9.99. The Bertz CT molecular complexity index is 196. The van der Waals surface area contributed by atoms with Crippen LogP contribution in [0.1, 0.15) is 34.1 Å². The molecule has 0 bridgehead atoms. The van der Waals surface area contributed by atoms with Crippen molar-refractivity contribution in [3.05, 3.63) is 0 Å². The third-order valence-corrected chi connectivity index (χ3v) is 2.21. The summed E-state index contributed by atoms with van der Waals surface area (Å²) in [6, 6.07) is 0. The summed E-state index contributed by atoms with van der Waals surface area (Å²) in [6.45, 7) is 8.64. The van der Waals surface area contributed by atoms with Crippen LogP contribution < -0.4 is 5.32 Å². The second-order valence-corrected chi connectivity index (χ2v) is 4.71. The lowest BCUT2D eigenvalue weighted by Gasteiger charge is -2.24. The molecule has 0 saturated carbocycles. The number of ether oxygens (including phenoxy) is 1. The molecule has 76 valence electrons. The first-order valence-corrected chi connectivity index (χ1v) is 4.84. The first-order chi connectivity index (χ1) is 5.90. The highest BCUT2D eigenvalue weighted by Crippen LogP contribution is 2.21. The predicted octanol–water partition coefficient (Wildman–Crippen LogP) is 1.33. The van der Waals surface area contributed by atoms with Gasteiger partial charge < -0.3 is 10.1 Å². The fourth-order valence-corrected chi connectivity index (χ4v) is 1.54. The van der Waals surface area contributed by atoms with E-state index in [-0.39, 0.29) is 23.5 Å². The zero-order valence-corrected chi connectivity index (χ0v) is 8.89. The molecule has 1 rings (SSSR count). The topological polar surface area (TPSA) is 38.3 Å². The highest BCUT2D eigenvalue weighted by Gasteiger charge is 2.32. The molecule has 1 amide bonds. The van der Waals surface area contributed by atoms with E-state index in [4.69, 9.17) is 4.74 Å². The Hall–Kier alpha value is -0.570. The summed E-state index contributed by atoms with van der Waals surface area (Å²) in [4.78, 5) is 11.7. The van der Waals surface area contributed by atoms with Crippen molar-refractivity contribution in [2.45, 2.75) is 45.8 Å². The van der Waals surface area contributed by atoms with E-state index < -0.39 is 0 Å². The van der Waals surface area contributed by atoms with Crippen LogP contribution in [0.3, 0.4) is 0 Å². The monoisotopic (exact) mass is 185 g/mol. The van der Waals surface area contributed by atoms with Crippen LogP contribution in [0.4, 0.5) is 0 Å². The lowest BCUT2D eigenvalue weighted by molar-refractivity contribution is -0.127. The second-order valence-electron chi connectivity index (χ2n) is 4.71. The molecule has 1 aliphatic rings. The molecule has 0 aromatic carbocycles. The summed E-state index contributed by atoms with van der Waals surface area (Å²) in [6.07, 6.45) is 0.922. The van der Waals surface area contributed by atoms with Gasteiger partial charge in [-0.2, -0.15) is 0 Å². The summed E-state index contributed by atoms with van der Waals surface area (Å²) in [5.74, 6) is 0.164. The van der Waals surface area contributed by atoms with Gasteiger partial charge in [-0.15, -0.1) is 0 Å². The summed E-state index contributed by atoms with van der Waals surface area (Å²) in [7, 11) is 0. The molecule has 0 aliphatic carbocycles.